The molecule has 0 aliphatic heterocycles. The molecule has 0 radical (unpaired) electrons. The van der Waals surface area contributed by atoms with E-state index < -0.39 is 0 Å². The maximum atomic E-state index is 11.5. The van der Waals surface area contributed by atoms with Crippen molar-refractivity contribution in [2.75, 3.05) is 6.61 Å². The summed E-state index contributed by atoms with van der Waals surface area (Å²) >= 11 is 1.63. The first kappa shape index (κ1) is 16.6. The second kappa shape index (κ2) is 9.59. The molecular formula is C12H20ClNO2S. The van der Waals surface area contributed by atoms with Gasteiger partial charge in [0.05, 0.1) is 12.6 Å². The van der Waals surface area contributed by atoms with Crippen molar-refractivity contribution >= 4 is 29.5 Å². The van der Waals surface area contributed by atoms with Crippen molar-refractivity contribution in [3.05, 3.63) is 22.4 Å². The summed E-state index contributed by atoms with van der Waals surface area (Å²) in [7, 11) is 0. The van der Waals surface area contributed by atoms with Gasteiger partial charge in [-0.1, -0.05) is 19.8 Å². The minimum absolute atomic E-state index is 0. The lowest BCUT2D eigenvalue weighted by Crippen LogP contribution is -2.33. The van der Waals surface area contributed by atoms with Gasteiger partial charge >= 0.3 is 0 Å². The molecule has 98 valence electrons. The molecule has 2 N–H and O–H groups in total. The Kier molecular flexibility index (Phi) is 9.36. The third-order valence-electron chi connectivity index (χ3n) is 2.38. The number of thiophene rings is 1. The molecule has 0 saturated carbocycles. The summed E-state index contributed by atoms with van der Waals surface area (Å²) in [6.45, 7) is 2.71. The Morgan fingerprint density at radius 2 is 2.35 bits per heavy atom. The van der Waals surface area contributed by atoms with E-state index in [2.05, 4.69) is 6.92 Å². The first-order chi connectivity index (χ1) is 7.74. The Balaban J connectivity index is 0.00000256. The molecule has 0 spiro atoms. The highest BCUT2D eigenvalue weighted by molar-refractivity contribution is 7.07. The highest BCUT2D eigenvalue weighted by atomic mass is 35.5. The van der Waals surface area contributed by atoms with Crippen LogP contribution in [0.5, 0.6) is 0 Å². The second-order valence-electron chi connectivity index (χ2n) is 3.84. The fourth-order valence-corrected chi connectivity index (χ4v) is 1.99. The highest BCUT2D eigenvalue weighted by Gasteiger charge is 2.12. The predicted octanol–water partition coefficient (Wildman–Crippen LogP) is 2.77. The largest absolute Gasteiger partial charge is 0.369 e. The average Bonchev–Trinajstić information content (AvgIpc) is 2.78. The number of carbonyl (C=O) groups excluding carboxylic acids is 1. The number of rotatable bonds is 8. The van der Waals surface area contributed by atoms with Gasteiger partial charge in [0.15, 0.2) is 5.78 Å². The number of ketones is 1. The van der Waals surface area contributed by atoms with Gasteiger partial charge in [-0.25, -0.2) is 0 Å². The lowest BCUT2D eigenvalue weighted by Gasteiger charge is -2.09. The summed E-state index contributed by atoms with van der Waals surface area (Å²) in [5.41, 5.74) is 6.85. The zero-order chi connectivity index (χ0) is 11.8. The standard InChI is InChI=1S/C12H19NO2S.ClH/c1-2-3-4-11(13)12(14)8-15-7-10-5-6-16-9-10;/h5-6,9,11H,2-4,7-8,13H2,1H3;1H. The van der Waals surface area contributed by atoms with E-state index in [-0.39, 0.29) is 30.8 Å². The van der Waals surface area contributed by atoms with Gasteiger partial charge in [0.2, 0.25) is 0 Å². The first-order valence-corrected chi connectivity index (χ1v) is 6.55. The first-order valence-electron chi connectivity index (χ1n) is 5.61. The maximum Gasteiger partial charge on any atom is 0.175 e. The van der Waals surface area contributed by atoms with Crippen LogP contribution in [0, 0.1) is 0 Å². The van der Waals surface area contributed by atoms with Gasteiger partial charge in [0.25, 0.3) is 0 Å². The molecule has 1 aromatic heterocycles. The summed E-state index contributed by atoms with van der Waals surface area (Å²) < 4.78 is 5.32. The molecule has 0 aliphatic carbocycles. The third-order valence-corrected chi connectivity index (χ3v) is 3.11. The lowest BCUT2D eigenvalue weighted by atomic mass is 10.1. The lowest BCUT2D eigenvalue weighted by molar-refractivity contribution is -0.125. The molecule has 0 aliphatic rings. The SMILES string of the molecule is CCCCC(N)C(=O)COCc1ccsc1.Cl. The van der Waals surface area contributed by atoms with E-state index in [0.29, 0.717) is 6.61 Å². The van der Waals surface area contributed by atoms with Crippen LogP contribution in [-0.2, 0) is 16.1 Å². The zero-order valence-electron chi connectivity index (χ0n) is 10.1. The molecule has 1 rings (SSSR count). The van der Waals surface area contributed by atoms with Crippen molar-refractivity contribution in [1.29, 1.82) is 0 Å². The summed E-state index contributed by atoms with van der Waals surface area (Å²) in [4.78, 5) is 11.5. The Bertz CT molecular complexity index is 303. The minimum Gasteiger partial charge on any atom is -0.369 e. The van der Waals surface area contributed by atoms with Gasteiger partial charge < -0.3 is 10.5 Å². The van der Waals surface area contributed by atoms with E-state index in [0.717, 1.165) is 24.8 Å². The van der Waals surface area contributed by atoms with Crippen LogP contribution in [0.4, 0.5) is 0 Å². The Hall–Kier alpha value is -0.420. The van der Waals surface area contributed by atoms with Crippen molar-refractivity contribution in [3.63, 3.8) is 0 Å². The van der Waals surface area contributed by atoms with Gasteiger partial charge in [-0.2, -0.15) is 11.3 Å². The number of carbonyl (C=O) groups is 1. The third kappa shape index (κ3) is 6.78. The van der Waals surface area contributed by atoms with Crippen LogP contribution in [0.15, 0.2) is 16.8 Å². The molecule has 0 aromatic carbocycles. The van der Waals surface area contributed by atoms with E-state index in [1.807, 2.05) is 16.8 Å². The molecule has 0 saturated heterocycles. The van der Waals surface area contributed by atoms with Crippen LogP contribution in [0.1, 0.15) is 31.7 Å². The highest BCUT2D eigenvalue weighted by Crippen LogP contribution is 2.07. The van der Waals surface area contributed by atoms with Gasteiger partial charge in [-0.15, -0.1) is 12.4 Å². The molecule has 1 aromatic rings. The van der Waals surface area contributed by atoms with Crippen LogP contribution < -0.4 is 5.73 Å². The summed E-state index contributed by atoms with van der Waals surface area (Å²) in [5, 5.41) is 4.01. The molecule has 17 heavy (non-hydrogen) atoms. The second-order valence-corrected chi connectivity index (χ2v) is 4.62. The van der Waals surface area contributed by atoms with E-state index in [1.165, 1.54) is 0 Å². The van der Waals surface area contributed by atoms with E-state index in [9.17, 15) is 4.79 Å². The molecule has 1 heterocycles. The van der Waals surface area contributed by atoms with Crippen molar-refractivity contribution in [3.8, 4) is 0 Å². The molecule has 0 amide bonds. The molecule has 5 heteroatoms. The van der Waals surface area contributed by atoms with Gasteiger partial charge in [0, 0.05) is 0 Å². The summed E-state index contributed by atoms with van der Waals surface area (Å²) in [5.74, 6) is 0.00341. The molecule has 0 fully saturated rings. The number of Topliss-reactive ketones (excluding diaryl/α,β-unsaturated/α-hetero) is 1. The van der Waals surface area contributed by atoms with Crippen LogP contribution in [0.3, 0.4) is 0 Å². The monoisotopic (exact) mass is 277 g/mol. The Labute approximate surface area is 113 Å². The van der Waals surface area contributed by atoms with E-state index >= 15 is 0 Å². The predicted molar refractivity (Wildman–Crippen MR) is 73.7 cm³/mol. The van der Waals surface area contributed by atoms with E-state index in [4.69, 9.17) is 10.5 Å². The molecule has 1 atom stereocenters. The van der Waals surface area contributed by atoms with Crippen molar-refractivity contribution in [2.45, 2.75) is 38.8 Å². The number of unbranched alkanes of at least 4 members (excludes halogenated alkanes) is 1. The quantitative estimate of drug-likeness (QED) is 0.795. The minimum atomic E-state index is -0.359. The van der Waals surface area contributed by atoms with E-state index in [1.54, 1.807) is 11.3 Å². The Morgan fingerprint density at radius 1 is 1.59 bits per heavy atom. The van der Waals surface area contributed by atoms with Crippen LogP contribution in [0.2, 0.25) is 0 Å². The number of hydrogen-bond donors (Lipinski definition) is 1. The topological polar surface area (TPSA) is 52.3 Å². The molecule has 3 nitrogen and oxygen atoms in total. The number of nitrogens with two attached hydrogens (primary N) is 1. The van der Waals surface area contributed by atoms with Gasteiger partial charge in [0.1, 0.15) is 6.61 Å². The molecule has 1 unspecified atom stereocenters. The normalized spacial score (nSPS) is 11.9. The fourth-order valence-electron chi connectivity index (χ4n) is 1.34. The summed E-state index contributed by atoms with van der Waals surface area (Å²) in [6, 6.07) is 1.63. The molecule has 0 bridgehead atoms. The van der Waals surface area contributed by atoms with Crippen LogP contribution in [-0.4, -0.2) is 18.4 Å². The number of ether oxygens (including phenoxy) is 1. The number of halogens is 1. The zero-order valence-corrected chi connectivity index (χ0v) is 11.7. The average molecular weight is 278 g/mol. The number of hydrogen-bond acceptors (Lipinski definition) is 4. The van der Waals surface area contributed by atoms with Crippen LogP contribution in [0.25, 0.3) is 0 Å². The Morgan fingerprint density at radius 3 is 2.94 bits per heavy atom. The van der Waals surface area contributed by atoms with Gasteiger partial charge in [-0.3, -0.25) is 4.79 Å². The fraction of sp³-hybridized carbons (Fsp3) is 0.583. The van der Waals surface area contributed by atoms with Crippen molar-refractivity contribution in [2.24, 2.45) is 5.73 Å². The van der Waals surface area contributed by atoms with Crippen molar-refractivity contribution in [1.82, 2.24) is 0 Å². The van der Waals surface area contributed by atoms with Crippen LogP contribution >= 0.6 is 23.7 Å². The van der Waals surface area contributed by atoms with Crippen molar-refractivity contribution < 1.29 is 9.53 Å². The maximum absolute atomic E-state index is 11.5. The van der Waals surface area contributed by atoms with Gasteiger partial charge in [-0.05, 0) is 28.8 Å². The smallest absolute Gasteiger partial charge is 0.175 e. The molecular weight excluding hydrogens is 258 g/mol. The summed E-state index contributed by atoms with van der Waals surface area (Å²) in [6.07, 6.45) is 2.82.